The third kappa shape index (κ3) is 4.49. The molecule has 0 heterocycles. The van der Waals surface area contributed by atoms with Crippen LogP contribution in [-0.4, -0.2) is 19.7 Å². The molecule has 0 aliphatic carbocycles. The lowest BCUT2D eigenvalue weighted by molar-refractivity contribution is 0.306. The molecule has 0 aliphatic heterocycles. The van der Waals surface area contributed by atoms with E-state index in [9.17, 15) is 0 Å². The number of allylic oxidation sites excluding steroid dienone is 1. The average molecular weight is 219 g/mol. The number of hydrogen-bond donors (Lipinski definition) is 1. The van der Waals surface area contributed by atoms with E-state index in [1.807, 2.05) is 24.3 Å². The zero-order valence-electron chi connectivity index (χ0n) is 10.0. The predicted octanol–water partition coefficient (Wildman–Crippen LogP) is 2.79. The van der Waals surface area contributed by atoms with Gasteiger partial charge in [-0.25, -0.2) is 0 Å². The highest BCUT2D eigenvalue weighted by atomic mass is 16.5. The van der Waals surface area contributed by atoms with Crippen molar-refractivity contribution in [2.75, 3.05) is 19.7 Å². The highest BCUT2D eigenvalue weighted by molar-refractivity contribution is 5.34. The number of nitrogens with one attached hydrogen (secondary N) is 1. The maximum Gasteiger partial charge on any atom is 0.122 e. The fourth-order valence-electron chi connectivity index (χ4n) is 1.52. The van der Waals surface area contributed by atoms with E-state index in [4.69, 9.17) is 4.74 Å². The molecule has 0 saturated heterocycles. The smallest absolute Gasteiger partial charge is 0.122 e. The van der Waals surface area contributed by atoms with Crippen molar-refractivity contribution in [3.05, 3.63) is 42.5 Å². The van der Waals surface area contributed by atoms with Gasteiger partial charge in [-0.05, 0) is 37.6 Å². The van der Waals surface area contributed by atoms with E-state index in [1.165, 1.54) is 5.56 Å². The fourth-order valence-corrected chi connectivity index (χ4v) is 1.52. The Bertz CT molecular complexity index is 309. The van der Waals surface area contributed by atoms with Crippen molar-refractivity contribution < 1.29 is 4.74 Å². The molecule has 0 aromatic heterocycles. The van der Waals surface area contributed by atoms with Crippen LogP contribution in [0, 0.1) is 0 Å². The van der Waals surface area contributed by atoms with Crippen molar-refractivity contribution in [2.45, 2.75) is 19.8 Å². The Labute approximate surface area is 98.3 Å². The van der Waals surface area contributed by atoms with E-state index in [1.54, 1.807) is 0 Å². The van der Waals surface area contributed by atoms with Crippen molar-refractivity contribution in [3.63, 3.8) is 0 Å². The standard InChI is InChI=1S/C14H21NO/c1-3-8-13-9-5-6-10-14(13)16-12-7-11-15-4-2/h3,5-6,9-10,15H,1,4,7-8,11-12H2,2H3. The number of para-hydroxylation sites is 1. The van der Waals surface area contributed by atoms with Gasteiger partial charge in [-0.1, -0.05) is 31.2 Å². The number of ether oxygens (including phenoxy) is 1. The molecule has 0 aliphatic rings. The van der Waals surface area contributed by atoms with E-state index in [-0.39, 0.29) is 0 Å². The lowest BCUT2D eigenvalue weighted by atomic mass is 10.1. The normalized spacial score (nSPS) is 10.1. The quantitative estimate of drug-likeness (QED) is 0.536. The molecule has 0 spiro atoms. The summed E-state index contributed by atoms with van der Waals surface area (Å²) < 4.78 is 5.75. The summed E-state index contributed by atoms with van der Waals surface area (Å²) in [6.07, 6.45) is 3.81. The molecular formula is C14H21NO. The first-order valence-corrected chi connectivity index (χ1v) is 5.90. The van der Waals surface area contributed by atoms with Crippen LogP contribution in [0.4, 0.5) is 0 Å². The zero-order valence-corrected chi connectivity index (χ0v) is 10.0. The highest BCUT2D eigenvalue weighted by Crippen LogP contribution is 2.18. The number of benzene rings is 1. The van der Waals surface area contributed by atoms with Gasteiger partial charge in [0, 0.05) is 0 Å². The second-order valence-corrected chi connectivity index (χ2v) is 3.66. The Balaban J connectivity index is 2.37. The number of hydrogen-bond acceptors (Lipinski definition) is 2. The SMILES string of the molecule is C=CCc1ccccc1OCCCNCC. The van der Waals surface area contributed by atoms with Crippen LogP contribution < -0.4 is 10.1 Å². The summed E-state index contributed by atoms with van der Waals surface area (Å²) in [5, 5.41) is 3.28. The van der Waals surface area contributed by atoms with Gasteiger partial charge in [-0.2, -0.15) is 0 Å². The molecule has 0 unspecified atom stereocenters. The second kappa shape index (κ2) is 7.94. The van der Waals surface area contributed by atoms with Gasteiger partial charge in [0.25, 0.3) is 0 Å². The Morgan fingerprint density at radius 3 is 2.94 bits per heavy atom. The van der Waals surface area contributed by atoms with E-state index < -0.39 is 0 Å². The minimum Gasteiger partial charge on any atom is -0.493 e. The van der Waals surface area contributed by atoms with Crippen LogP contribution in [0.2, 0.25) is 0 Å². The maximum atomic E-state index is 5.75. The molecule has 1 N–H and O–H groups in total. The van der Waals surface area contributed by atoms with Crippen LogP contribution in [-0.2, 0) is 6.42 Å². The van der Waals surface area contributed by atoms with Gasteiger partial charge in [-0.3, -0.25) is 0 Å². The van der Waals surface area contributed by atoms with Crippen molar-refractivity contribution in [2.24, 2.45) is 0 Å². The molecule has 1 aromatic rings. The van der Waals surface area contributed by atoms with E-state index in [2.05, 4.69) is 24.9 Å². The third-order valence-electron chi connectivity index (χ3n) is 2.34. The van der Waals surface area contributed by atoms with Crippen LogP contribution in [0.1, 0.15) is 18.9 Å². The Morgan fingerprint density at radius 1 is 1.38 bits per heavy atom. The maximum absolute atomic E-state index is 5.75. The molecule has 1 rings (SSSR count). The van der Waals surface area contributed by atoms with Crippen LogP contribution in [0.25, 0.3) is 0 Å². The predicted molar refractivity (Wildman–Crippen MR) is 69.0 cm³/mol. The largest absolute Gasteiger partial charge is 0.493 e. The molecule has 0 fully saturated rings. The van der Waals surface area contributed by atoms with Crippen LogP contribution in [0.3, 0.4) is 0 Å². The molecule has 2 nitrogen and oxygen atoms in total. The van der Waals surface area contributed by atoms with Gasteiger partial charge in [0.2, 0.25) is 0 Å². The summed E-state index contributed by atoms with van der Waals surface area (Å²) >= 11 is 0. The van der Waals surface area contributed by atoms with Gasteiger partial charge in [0.05, 0.1) is 6.61 Å². The van der Waals surface area contributed by atoms with Crippen molar-refractivity contribution in [3.8, 4) is 5.75 Å². The molecule has 0 saturated carbocycles. The summed E-state index contributed by atoms with van der Waals surface area (Å²) in [7, 11) is 0. The van der Waals surface area contributed by atoms with Gasteiger partial charge < -0.3 is 10.1 Å². The lowest BCUT2D eigenvalue weighted by Gasteiger charge is -2.10. The monoisotopic (exact) mass is 219 g/mol. The van der Waals surface area contributed by atoms with Crippen molar-refractivity contribution in [1.29, 1.82) is 0 Å². The van der Waals surface area contributed by atoms with Crippen LogP contribution in [0.5, 0.6) is 5.75 Å². The second-order valence-electron chi connectivity index (χ2n) is 3.66. The molecule has 88 valence electrons. The molecule has 0 radical (unpaired) electrons. The lowest BCUT2D eigenvalue weighted by Crippen LogP contribution is -2.16. The van der Waals surface area contributed by atoms with Gasteiger partial charge in [0.15, 0.2) is 0 Å². The molecule has 0 atom stereocenters. The van der Waals surface area contributed by atoms with Crippen LogP contribution in [0.15, 0.2) is 36.9 Å². The molecule has 0 bridgehead atoms. The Morgan fingerprint density at radius 2 is 2.19 bits per heavy atom. The highest BCUT2D eigenvalue weighted by Gasteiger charge is 2.00. The third-order valence-corrected chi connectivity index (χ3v) is 2.34. The van der Waals surface area contributed by atoms with Crippen molar-refractivity contribution in [1.82, 2.24) is 5.32 Å². The Hall–Kier alpha value is -1.28. The first-order valence-electron chi connectivity index (χ1n) is 5.90. The minimum absolute atomic E-state index is 0.765. The molecule has 2 heteroatoms. The minimum atomic E-state index is 0.765. The zero-order chi connectivity index (χ0) is 11.6. The van der Waals surface area contributed by atoms with E-state index in [0.717, 1.165) is 38.3 Å². The van der Waals surface area contributed by atoms with Crippen molar-refractivity contribution >= 4 is 0 Å². The molecular weight excluding hydrogens is 198 g/mol. The van der Waals surface area contributed by atoms with Gasteiger partial charge >= 0.3 is 0 Å². The fraction of sp³-hybridized carbons (Fsp3) is 0.429. The topological polar surface area (TPSA) is 21.3 Å². The van der Waals surface area contributed by atoms with Crippen LogP contribution >= 0.6 is 0 Å². The van der Waals surface area contributed by atoms with E-state index >= 15 is 0 Å². The molecule has 0 amide bonds. The number of rotatable bonds is 8. The first-order chi connectivity index (χ1) is 7.88. The van der Waals surface area contributed by atoms with E-state index in [0.29, 0.717) is 0 Å². The summed E-state index contributed by atoms with van der Waals surface area (Å²) in [6.45, 7) is 8.66. The Kier molecular flexibility index (Phi) is 6.35. The van der Waals surface area contributed by atoms with Gasteiger partial charge in [-0.15, -0.1) is 6.58 Å². The summed E-state index contributed by atoms with van der Waals surface area (Å²) in [5.74, 6) is 0.985. The molecule has 16 heavy (non-hydrogen) atoms. The summed E-state index contributed by atoms with van der Waals surface area (Å²) in [6, 6.07) is 8.14. The summed E-state index contributed by atoms with van der Waals surface area (Å²) in [5.41, 5.74) is 1.21. The summed E-state index contributed by atoms with van der Waals surface area (Å²) in [4.78, 5) is 0. The average Bonchev–Trinajstić information content (AvgIpc) is 2.31. The van der Waals surface area contributed by atoms with Gasteiger partial charge in [0.1, 0.15) is 5.75 Å². The first kappa shape index (κ1) is 12.8. The molecule has 1 aromatic carbocycles.